The minimum absolute atomic E-state index is 0.0927. The third-order valence-electron chi connectivity index (χ3n) is 4.74. The third-order valence-corrected chi connectivity index (χ3v) is 5.73. The Morgan fingerprint density at radius 3 is 2.80 bits per heavy atom. The van der Waals surface area contributed by atoms with Gasteiger partial charge in [0.25, 0.3) is 0 Å². The third kappa shape index (κ3) is 3.20. The number of para-hydroxylation sites is 1. The van der Waals surface area contributed by atoms with E-state index >= 15 is 0 Å². The number of anilines is 2. The van der Waals surface area contributed by atoms with Crippen molar-refractivity contribution in [3.63, 3.8) is 0 Å². The molecule has 4 heterocycles. The average Bonchev–Trinajstić information content (AvgIpc) is 2.67. The van der Waals surface area contributed by atoms with E-state index in [4.69, 9.17) is 4.98 Å². The monoisotopic (exact) mass is 350 g/mol. The van der Waals surface area contributed by atoms with E-state index in [-0.39, 0.29) is 11.7 Å². The molecule has 0 aliphatic carbocycles. The summed E-state index contributed by atoms with van der Waals surface area (Å²) >= 11 is 1.33. The SMILES string of the molecule is N#Cc1cc2c(nc1SCC(=O)Nc1ccccc1)C1CCN2CC1. The lowest BCUT2D eigenvalue weighted by molar-refractivity contribution is -0.113. The second kappa shape index (κ2) is 6.77. The molecular weight excluding hydrogens is 332 g/mol. The Labute approximate surface area is 151 Å². The molecule has 0 saturated carbocycles. The molecule has 5 nitrogen and oxygen atoms in total. The van der Waals surface area contributed by atoms with Crippen LogP contribution in [0.4, 0.5) is 11.4 Å². The van der Waals surface area contributed by atoms with Gasteiger partial charge in [-0.1, -0.05) is 30.0 Å². The Kier molecular flexibility index (Phi) is 4.33. The molecule has 1 aromatic carbocycles. The average molecular weight is 350 g/mol. The van der Waals surface area contributed by atoms with Crippen molar-refractivity contribution in [1.82, 2.24) is 4.98 Å². The molecule has 0 atom stereocenters. The number of fused-ring (bicyclic) bond motifs is 2. The second-order valence-corrected chi connectivity index (χ2v) is 7.29. The van der Waals surface area contributed by atoms with Crippen molar-refractivity contribution in [2.45, 2.75) is 23.8 Å². The number of carbonyl (C=O) groups is 1. The number of rotatable bonds is 4. The van der Waals surface area contributed by atoms with Gasteiger partial charge in [-0.3, -0.25) is 4.79 Å². The zero-order valence-electron chi connectivity index (χ0n) is 13.7. The number of nitrogens with zero attached hydrogens (tertiary/aromatic N) is 3. The molecule has 1 amide bonds. The lowest BCUT2D eigenvalue weighted by Crippen LogP contribution is -2.39. The Bertz CT molecular complexity index is 838. The molecule has 1 N–H and O–H groups in total. The van der Waals surface area contributed by atoms with Crippen LogP contribution >= 0.6 is 11.8 Å². The minimum Gasteiger partial charge on any atom is -0.370 e. The molecule has 0 unspecified atom stereocenters. The van der Waals surface area contributed by atoms with Gasteiger partial charge >= 0.3 is 0 Å². The molecule has 6 heteroatoms. The summed E-state index contributed by atoms with van der Waals surface area (Å²) in [6.07, 6.45) is 2.26. The fourth-order valence-corrected chi connectivity index (χ4v) is 4.25. The van der Waals surface area contributed by atoms with Gasteiger partial charge in [-0.25, -0.2) is 4.98 Å². The van der Waals surface area contributed by atoms with Crippen LogP contribution in [-0.2, 0) is 4.79 Å². The standard InChI is InChI=1S/C19H18N4OS/c20-11-14-10-16-18(13-6-8-23(16)9-7-13)22-19(14)25-12-17(24)21-15-4-2-1-3-5-15/h1-5,10,13H,6-9,12H2,(H,21,24). The van der Waals surface area contributed by atoms with Crippen LogP contribution in [0.3, 0.4) is 0 Å². The number of aromatic nitrogens is 1. The van der Waals surface area contributed by atoms with Crippen LogP contribution < -0.4 is 10.2 Å². The summed E-state index contributed by atoms with van der Waals surface area (Å²) in [5.41, 5.74) is 3.54. The molecule has 3 aliphatic rings. The number of thioether (sulfide) groups is 1. The molecular formula is C19H18N4OS. The van der Waals surface area contributed by atoms with Crippen molar-refractivity contribution in [3.8, 4) is 6.07 Å². The molecule has 5 rings (SSSR count). The Hall–Kier alpha value is -2.52. The normalized spacial score (nSPS) is 15.6. The number of nitriles is 1. The van der Waals surface area contributed by atoms with E-state index in [1.54, 1.807) is 0 Å². The Balaban J connectivity index is 1.50. The lowest BCUT2D eigenvalue weighted by Gasteiger charge is -2.41. The predicted octanol–water partition coefficient (Wildman–Crippen LogP) is 3.38. The van der Waals surface area contributed by atoms with Crippen molar-refractivity contribution >= 4 is 29.0 Å². The van der Waals surface area contributed by atoms with E-state index in [1.165, 1.54) is 11.8 Å². The molecule has 1 fully saturated rings. The number of piperidine rings is 1. The van der Waals surface area contributed by atoms with Crippen molar-refractivity contribution in [1.29, 1.82) is 5.26 Å². The van der Waals surface area contributed by atoms with Crippen LogP contribution in [0, 0.1) is 11.3 Å². The molecule has 2 aromatic rings. The van der Waals surface area contributed by atoms with Gasteiger partial charge in [0.15, 0.2) is 0 Å². The van der Waals surface area contributed by atoms with Gasteiger partial charge in [-0.2, -0.15) is 5.26 Å². The fraction of sp³-hybridized carbons (Fsp3) is 0.316. The van der Waals surface area contributed by atoms with Crippen LogP contribution in [0.5, 0.6) is 0 Å². The number of benzene rings is 1. The summed E-state index contributed by atoms with van der Waals surface area (Å²) in [5.74, 6) is 0.638. The van der Waals surface area contributed by atoms with Crippen molar-refractivity contribution in [2.75, 3.05) is 29.1 Å². The maximum atomic E-state index is 12.2. The second-order valence-electron chi connectivity index (χ2n) is 6.32. The number of pyridine rings is 1. The van der Waals surface area contributed by atoms with Crippen molar-refractivity contribution < 1.29 is 4.79 Å². The maximum Gasteiger partial charge on any atom is 0.234 e. The van der Waals surface area contributed by atoms with Gasteiger partial charge in [0.1, 0.15) is 11.1 Å². The quantitative estimate of drug-likeness (QED) is 0.856. The summed E-state index contributed by atoms with van der Waals surface area (Å²) in [4.78, 5) is 19.2. The maximum absolute atomic E-state index is 12.2. The first-order valence-corrected chi connectivity index (χ1v) is 9.41. The van der Waals surface area contributed by atoms with E-state index < -0.39 is 0 Å². The van der Waals surface area contributed by atoms with Crippen LogP contribution in [0.2, 0.25) is 0 Å². The van der Waals surface area contributed by atoms with Crippen LogP contribution in [0.25, 0.3) is 0 Å². The molecule has 0 spiro atoms. The van der Waals surface area contributed by atoms with Crippen LogP contribution in [0.1, 0.15) is 30.0 Å². The van der Waals surface area contributed by atoms with Crippen molar-refractivity contribution in [3.05, 3.63) is 47.7 Å². The van der Waals surface area contributed by atoms with Gasteiger partial charge in [0.2, 0.25) is 5.91 Å². The summed E-state index contributed by atoms with van der Waals surface area (Å²) in [6, 6.07) is 13.6. The smallest absolute Gasteiger partial charge is 0.234 e. The Morgan fingerprint density at radius 1 is 1.32 bits per heavy atom. The molecule has 0 radical (unpaired) electrons. The first-order chi connectivity index (χ1) is 12.2. The highest BCUT2D eigenvalue weighted by Crippen LogP contribution is 2.42. The van der Waals surface area contributed by atoms with E-state index in [9.17, 15) is 10.1 Å². The van der Waals surface area contributed by atoms with Gasteiger partial charge in [0, 0.05) is 24.7 Å². The van der Waals surface area contributed by atoms with Gasteiger partial charge in [0.05, 0.1) is 22.7 Å². The highest BCUT2D eigenvalue weighted by Gasteiger charge is 2.33. The zero-order valence-corrected chi connectivity index (χ0v) is 14.6. The zero-order chi connectivity index (χ0) is 17.2. The number of hydrogen-bond acceptors (Lipinski definition) is 5. The fourth-order valence-electron chi connectivity index (χ4n) is 3.49. The first kappa shape index (κ1) is 16.0. The van der Waals surface area contributed by atoms with Gasteiger partial charge in [-0.05, 0) is 31.0 Å². The number of amides is 1. The highest BCUT2D eigenvalue weighted by molar-refractivity contribution is 8.00. The molecule has 2 bridgehead atoms. The number of carbonyl (C=O) groups excluding carboxylic acids is 1. The van der Waals surface area contributed by atoms with Crippen LogP contribution in [0.15, 0.2) is 41.4 Å². The Morgan fingerprint density at radius 2 is 2.08 bits per heavy atom. The topological polar surface area (TPSA) is 69.0 Å². The predicted molar refractivity (Wildman–Crippen MR) is 98.9 cm³/mol. The van der Waals surface area contributed by atoms with E-state index in [1.807, 2.05) is 36.4 Å². The first-order valence-electron chi connectivity index (χ1n) is 8.42. The van der Waals surface area contributed by atoms with Crippen LogP contribution in [-0.4, -0.2) is 29.7 Å². The lowest BCUT2D eigenvalue weighted by atomic mass is 9.86. The summed E-state index contributed by atoms with van der Waals surface area (Å²) in [6.45, 7) is 2.10. The molecule has 3 aliphatic heterocycles. The number of hydrogen-bond donors (Lipinski definition) is 1. The summed E-state index contributed by atoms with van der Waals surface area (Å²) in [5, 5.41) is 13.0. The molecule has 126 valence electrons. The molecule has 1 saturated heterocycles. The van der Waals surface area contributed by atoms with E-state index in [2.05, 4.69) is 16.3 Å². The van der Waals surface area contributed by atoms with E-state index in [0.717, 1.165) is 43.0 Å². The molecule has 1 aromatic heterocycles. The largest absolute Gasteiger partial charge is 0.370 e. The minimum atomic E-state index is -0.0927. The van der Waals surface area contributed by atoms with Crippen molar-refractivity contribution in [2.24, 2.45) is 0 Å². The summed E-state index contributed by atoms with van der Waals surface area (Å²) < 4.78 is 0. The van der Waals surface area contributed by atoms with E-state index in [0.29, 0.717) is 16.5 Å². The van der Waals surface area contributed by atoms with Gasteiger partial charge < -0.3 is 10.2 Å². The number of nitrogens with one attached hydrogen (secondary N) is 1. The van der Waals surface area contributed by atoms with Gasteiger partial charge in [-0.15, -0.1) is 0 Å². The highest BCUT2D eigenvalue weighted by atomic mass is 32.2. The summed E-state index contributed by atoms with van der Waals surface area (Å²) in [7, 11) is 0. The molecule has 25 heavy (non-hydrogen) atoms.